The monoisotopic (exact) mass is 458 g/mol. The Kier molecular flexibility index (Phi) is 6.27. The molecule has 2 aromatic heterocycles. The number of nitrogens with zero attached hydrogens (tertiary/aromatic N) is 5. The minimum atomic E-state index is -0.569. The van der Waals surface area contributed by atoms with Crippen LogP contribution in [0.25, 0.3) is 28.7 Å². The topological polar surface area (TPSA) is 104 Å². The van der Waals surface area contributed by atoms with E-state index in [1.54, 1.807) is 17.7 Å². The minimum absolute atomic E-state index is 0.118. The molecule has 0 saturated heterocycles. The van der Waals surface area contributed by atoms with E-state index in [4.69, 9.17) is 14.5 Å². The Labute approximate surface area is 197 Å². The number of ether oxygens (including phenoxy) is 2. The molecule has 0 aliphatic carbocycles. The number of aromatic nitrogens is 5. The molecule has 174 valence electrons. The van der Waals surface area contributed by atoms with Crippen LogP contribution in [0.4, 0.5) is 5.82 Å². The highest BCUT2D eigenvalue weighted by Crippen LogP contribution is 2.29. The zero-order chi connectivity index (χ0) is 24.3. The summed E-state index contributed by atoms with van der Waals surface area (Å²) in [6.07, 6.45) is 0. The van der Waals surface area contributed by atoms with Gasteiger partial charge in [0, 0.05) is 22.7 Å². The minimum Gasteiger partial charge on any atom is -0.497 e. The first-order valence-corrected chi connectivity index (χ1v) is 10.7. The lowest BCUT2D eigenvalue weighted by atomic mass is 10.1. The summed E-state index contributed by atoms with van der Waals surface area (Å²) in [6, 6.07) is 18.6. The van der Waals surface area contributed by atoms with E-state index >= 15 is 0 Å². The summed E-state index contributed by atoms with van der Waals surface area (Å²) in [4.78, 5) is 21.7. The van der Waals surface area contributed by atoms with Crippen LogP contribution in [0.2, 0.25) is 0 Å². The quantitative estimate of drug-likeness (QED) is 0.424. The van der Waals surface area contributed by atoms with Crippen LogP contribution in [0, 0.1) is 0 Å². The normalized spacial score (nSPS) is 11.2. The van der Waals surface area contributed by atoms with Crippen LogP contribution < -0.4 is 10.1 Å². The van der Waals surface area contributed by atoms with Crippen molar-refractivity contribution in [3.05, 3.63) is 66.4 Å². The van der Waals surface area contributed by atoms with Crippen LogP contribution in [-0.2, 0) is 4.74 Å². The number of benzene rings is 2. The first-order chi connectivity index (χ1) is 16.3. The largest absolute Gasteiger partial charge is 0.497 e. The van der Waals surface area contributed by atoms with Gasteiger partial charge in [-0.05, 0) is 45.0 Å². The second kappa shape index (κ2) is 9.30. The van der Waals surface area contributed by atoms with Gasteiger partial charge < -0.3 is 14.8 Å². The van der Waals surface area contributed by atoms with Crippen LogP contribution in [0.5, 0.6) is 5.75 Å². The molecule has 2 heterocycles. The Balaban J connectivity index is 1.96. The Bertz CT molecular complexity index is 1290. The fourth-order valence-electron chi connectivity index (χ4n) is 3.37. The second-order valence-corrected chi connectivity index (χ2v) is 8.58. The number of carbonyl (C=O) groups excluding carboxylic acids is 1. The summed E-state index contributed by atoms with van der Waals surface area (Å²) in [5.74, 6) is 1.93. The third-order valence-electron chi connectivity index (χ3n) is 4.86. The zero-order valence-electron chi connectivity index (χ0n) is 19.7. The van der Waals surface area contributed by atoms with Gasteiger partial charge in [0.1, 0.15) is 11.6 Å². The number of rotatable bonds is 6. The third-order valence-corrected chi connectivity index (χ3v) is 4.86. The number of esters is 1. The van der Waals surface area contributed by atoms with Crippen LogP contribution in [0.3, 0.4) is 0 Å². The molecule has 0 bridgehead atoms. The Morgan fingerprint density at radius 3 is 2.06 bits per heavy atom. The van der Waals surface area contributed by atoms with E-state index in [2.05, 4.69) is 20.5 Å². The molecule has 34 heavy (non-hydrogen) atoms. The lowest BCUT2D eigenvalue weighted by molar-refractivity contribution is 0.0593. The van der Waals surface area contributed by atoms with E-state index in [1.807, 2.05) is 75.4 Å². The molecule has 9 nitrogen and oxygen atoms in total. The van der Waals surface area contributed by atoms with Gasteiger partial charge in [-0.3, -0.25) is 0 Å². The predicted octanol–water partition coefficient (Wildman–Crippen LogP) is 4.40. The molecular weight excluding hydrogens is 432 g/mol. The molecule has 4 aromatic rings. The summed E-state index contributed by atoms with van der Waals surface area (Å²) in [5, 5.41) is 12.2. The number of anilines is 1. The van der Waals surface area contributed by atoms with E-state index in [1.165, 1.54) is 7.11 Å². The van der Waals surface area contributed by atoms with Crippen molar-refractivity contribution in [2.75, 3.05) is 19.5 Å². The highest BCUT2D eigenvalue weighted by atomic mass is 16.5. The average molecular weight is 459 g/mol. The van der Waals surface area contributed by atoms with Gasteiger partial charge in [-0.15, -0.1) is 10.2 Å². The van der Waals surface area contributed by atoms with E-state index in [9.17, 15) is 4.79 Å². The molecular formula is C25H26N6O3. The van der Waals surface area contributed by atoms with Gasteiger partial charge in [-0.2, -0.15) is 4.98 Å². The molecule has 9 heteroatoms. The SMILES string of the molecule is COC(=O)c1cc(NC(C)(C)C)nc(-n2c(-c3ccccc3)nnc2-c2ccc(OC)cc2)n1. The molecule has 0 radical (unpaired) electrons. The van der Waals surface area contributed by atoms with Gasteiger partial charge in [0.2, 0.25) is 5.95 Å². The fourth-order valence-corrected chi connectivity index (χ4v) is 3.37. The molecule has 0 aliphatic rings. The maximum Gasteiger partial charge on any atom is 0.356 e. The van der Waals surface area contributed by atoms with E-state index in [0.29, 0.717) is 17.5 Å². The molecule has 0 aliphatic heterocycles. The van der Waals surface area contributed by atoms with Crippen molar-refractivity contribution in [1.82, 2.24) is 24.7 Å². The molecule has 0 atom stereocenters. The highest BCUT2D eigenvalue weighted by molar-refractivity contribution is 5.88. The fraction of sp³-hybridized carbons (Fsp3) is 0.240. The highest BCUT2D eigenvalue weighted by Gasteiger charge is 2.23. The van der Waals surface area contributed by atoms with Crippen molar-refractivity contribution in [3.8, 4) is 34.5 Å². The molecule has 0 amide bonds. The number of hydrogen-bond acceptors (Lipinski definition) is 8. The summed E-state index contributed by atoms with van der Waals surface area (Å²) in [5.41, 5.74) is 1.43. The summed E-state index contributed by atoms with van der Waals surface area (Å²) in [6.45, 7) is 6.01. The summed E-state index contributed by atoms with van der Waals surface area (Å²) < 4.78 is 12.0. The lowest BCUT2D eigenvalue weighted by Gasteiger charge is -2.22. The van der Waals surface area contributed by atoms with E-state index in [-0.39, 0.29) is 17.2 Å². The van der Waals surface area contributed by atoms with Crippen molar-refractivity contribution in [1.29, 1.82) is 0 Å². The first-order valence-electron chi connectivity index (χ1n) is 10.7. The Hall–Kier alpha value is -4.27. The van der Waals surface area contributed by atoms with Crippen LogP contribution in [-0.4, -0.2) is 50.5 Å². The van der Waals surface area contributed by atoms with Crippen molar-refractivity contribution in [2.45, 2.75) is 26.3 Å². The van der Waals surface area contributed by atoms with Gasteiger partial charge in [-0.25, -0.2) is 14.3 Å². The smallest absolute Gasteiger partial charge is 0.356 e. The van der Waals surface area contributed by atoms with Crippen molar-refractivity contribution in [3.63, 3.8) is 0 Å². The Morgan fingerprint density at radius 2 is 1.50 bits per heavy atom. The molecule has 4 rings (SSSR count). The van der Waals surface area contributed by atoms with E-state index in [0.717, 1.165) is 16.9 Å². The molecule has 0 saturated carbocycles. The lowest BCUT2D eigenvalue weighted by Crippen LogP contribution is -2.27. The summed E-state index contributed by atoms with van der Waals surface area (Å²) in [7, 11) is 2.93. The van der Waals surface area contributed by atoms with Gasteiger partial charge in [0.15, 0.2) is 17.3 Å². The Morgan fingerprint density at radius 1 is 0.882 bits per heavy atom. The van der Waals surface area contributed by atoms with Crippen LogP contribution >= 0.6 is 0 Å². The van der Waals surface area contributed by atoms with Gasteiger partial charge in [0.05, 0.1) is 14.2 Å². The van der Waals surface area contributed by atoms with Gasteiger partial charge >= 0.3 is 5.97 Å². The predicted molar refractivity (Wildman–Crippen MR) is 129 cm³/mol. The number of hydrogen-bond donors (Lipinski definition) is 1. The zero-order valence-corrected chi connectivity index (χ0v) is 19.7. The maximum atomic E-state index is 12.4. The van der Waals surface area contributed by atoms with Gasteiger partial charge in [0.25, 0.3) is 0 Å². The molecule has 0 fully saturated rings. The summed E-state index contributed by atoms with van der Waals surface area (Å²) >= 11 is 0. The standard InChI is InChI=1S/C25H26N6O3/c1-25(2,3)28-20-15-19(23(32)34-5)26-24(27-20)31-21(16-9-7-6-8-10-16)29-30-22(31)17-11-13-18(33-4)14-12-17/h6-15H,1-5H3,(H,26,27,28). The van der Waals surface area contributed by atoms with E-state index < -0.39 is 5.97 Å². The van der Waals surface area contributed by atoms with Crippen LogP contribution in [0.1, 0.15) is 31.3 Å². The number of methoxy groups -OCH3 is 2. The van der Waals surface area contributed by atoms with Crippen molar-refractivity contribution in [2.24, 2.45) is 0 Å². The molecule has 2 aromatic carbocycles. The van der Waals surface area contributed by atoms with Crippen LogP contribution in [0.15, 0.2) is 60.7 Å². The average Bonchev–Trinajstić information content (AvgIpc) is 3.28. The third kappa shape index (κ3) is 4.88. The van der Waals surface area contributed by atoms with Crippen molar-refractivity contribution < 1.29 is 14.3 Å². The van der Waals surface area contributed by atoms with Gasteiger partial charge in [-0.1, -0.05) is 30.3 Å². The second-order valence-electron chi connectivity index (χ2n) is 8.58. The molecule has 1 N–H and O–H groups in total. The first kappa shape index (κ1) is 22.9. The molecule has 0 spiro atoms. The number of carbonyl (C=O) groups is 1. The van der Waals surface area contributed by atoms with Crippen molar-refractivity contribution >= 4 is 11.8 Å². The number of nitrogens with one attached hydrogen (secondary N) is 1. The molecule has 0 unspecified atom stereocenters. The maximum absolute atomic E-state index is 12.4.